The summed E-state index contributed by atoms with van der Waals surface area (Å²) in [5, 5.41) is 0. The molecule has 4 aliphatic rings. The molecule has 128 valence electrons. The van der Waals surface area contributed by atoms with Crippen LogP contribution in [0.15, 0.2) is 65.7 Å². The zero-order chi connectivity index (χ0) is 16.7. The molecule has 4 aliphatic carbocycles. The van der Waals surface area contributed by atoms with E-state index in [1.54, 1.807) is 0 Å². The molecule has 0 aromatic heterocycles. The SMILES string of the molecule is C(=N\C(c1ccccc1)c1ccccc1)/C12CC3CC(CC(C3)C1)C2. The second-order valence-electron chi connectivity index (χ2n) is 8.78. The quantitative estimate of drug-likeness (QED) is 0.604. The summed E-state index contributed by atoms with van der Waals surface area (Å²) < 4.78 is 0. The molecule has 4 fully saturated rings. The molecule has 0 spiro atoms. The zero-order valence-electron chi connectivity index (χ0n) is 14.9. The highest BCUT2D eigenvalue weighted by Crippen LogP contribution is 2.59. The molecular weight excluding hydrogens is 302 g/mol. The molecule has 0 heterocycles. The Bertz CT molecular complexity index is 671. The van der Waals surface area contributed by atoms with Gasteiger partial charge >= 0.3 is 0 Å². The molecule has 0 saturated heterocycles. The first-order valence-electron chi connectivity index (χ1n) is 9.94. The summed E-state index contributed by atoms with van der Waals surface area (Å²) in [6.07, 6.45) is 11.0. The van der Waals surface area contributed by atoms with E-state index in [1.165, 1.54) is 49.7 Å². The first kappa shape index (κ1) is 15.4. The molecular formula is C24H27N. The highest BCUT2D eigenvalue weighted by Gasteiger charge is 2.50. The molecule has 2 aromatic carbocycles. The molecule has 4 saturated carbocycles. The minimum absolute atomic E-state index is 0.135. The second kappa shape index (κ2) is 6.12. The highest BCUT2D eigenvalue weighted by atomic mass is 14.8. The van der Waals surface area contributed by atoms with Gasteiger partial charge in [0, 0.05) is 11.6 Å². The molecule has 0 N–H and O–H groups in total. The summed E-state index contributed by atoms with van der Waals surface area (Å²) in [4.78, 5) is 5.23. The Hall–Kier alpha value is -1.89. The highest BCUT2D eigenvalue weighted by molar-refractivity contribution is 5.67. The number of hydrogen-bond acceptors (Lipinski definition) is 1. The molecule has 0 atom stereocenters. The van der Waals surface area contributed by atoms with E-state index in [1.807, 2.05) is 0 Å². The van der Waals surface area contributed by atoms with Crippen molar-refractivity contribution in [3.63, 3.8) is 0 Å². The van der Waals surface area contributed by atoms with Crippen LogP contribution < -0.4 is 0 Å². The minimum atomic E-state index is 0.135. The van der Waals surface area contributed by atoms with Gasteiger partial charge in [0.05, 0.1) is 6.04 Å². The Kier molecular flexibility index (Phi) is 3.77. The maximum absolute atomic E-state index is 5.23. The third-order valence-corrected chi connectivity index (χ3v) is 6.81. The lowest BCUT2D eigenvalue weighted by Gasteiger charge is -2.55. The number of hydrogen-bond donors (Lipinski definition) is 0. The van der Waals surface area contributed by atoms with Gasteiger partial charge in [-0.2, -0.15) is 0 Å². The average molecular weight is 329 g/mol. The molecule has 0 aliphatic heterocycles. The van der Waals surface area contributed by atoms with E-state index in [4.69, 9.17) is 4.99 Å². The van der Waals surface area contributed by atoms with Crippen LogP contribution in [0.5, 0.6) is 0 Å². The van der Waals surface area contributed by atoms with E-state index in [-0.39, 0.29) is 6.04 Å². The second-order valence-corrected chi connectivity index (χ2v) is 8.78. The molecule has 4 bridgehead atoms. The number of nitrogens with zero attached hydrogens (tertiary/aromatic N) is 1. The molecule has 1 nitrogen and oxygen atoms in total. The van der Waals surface area contributed by atoms with Crippen molar-refractivity contribution < 1.29 is 0 Å². The monoisotopic (exact) mass is 329 g/mol. The van der Waals surface area contributed by atoms with Gasteiger partial charge in [0.15, 0.2) is 0 Å². The van der Waals surface area contributed by atoms with Gasteiger partial charge in [0.25, 0.3) is 0 Å². The Morgan fingerprint density at radius 1 is 0.720 bits per heavy atom. The fourth-order valence-electron chi connectivity index (χ4n) is 6.20. The predicted octanol–water partition coefficient (Wildman–Crippen LogP) is 6.06. The summed E-state index contributed by atoms with van der Waals surface area (Å²) in [5.74, 6) is 2.93. The van der Waals surface area contributed by atoms with Gasteiger partial charge in [0.1, 0.15) is 0 Å². The van der Waals surface area contributed by atoms with E-state index < -0.39 is 0 Å². The van der Waals surface area contributed by atoms with Crippen LogP contribution in [0.4, 0.5) is 0 Å². The minimum Gasteiger partial charge on any atom is -0.284 e. The Morgan fingerprint density at radius 3 is 1.60 bits per heavy atom. The van der Waals surface area contributed by atoms with Gasteiger partial charge < -0.3 is 0 Å². The van der Waals surface area contributed by atoms with Crippen molar-refractivity contribution in [2.24, 2.45) is 28.2 Å². The number of benzene rings is 2. The van der Waals surface area contributed by atoms with Crippen LogP contribution in [0.25, 0.3) is 0 Å². The Morgan fingerprint density at radius 2 is 1.16 bits per heavy atom. The number of aliphatic imine (C=N–C) groups is 1. The van der Waals surface area contributed by atoms with Crippen molar-refractivity contribution in [1.82, 2.24) is 0 Å². The molecule has 0 radical (unpaired) electrons. The summed E-state index contributed by atoms with van der Waals surface area (Å²) in [7, 11) is 0. The van der Waals surface area contributed by atoms with Gasteiger partial charge in [-0.15, -0.1) is 0 Å². The van der Waals surface area contributed by atoms with Crippen LogP contribution in [0, 0.1) is 23.2 Å². The van der Waals surface area contributed by atoms with Crippen molar-refractivity contribution in [3.05, 3.63) is 71.8 Å². The van der Waals surface area contributed by atoms with Crippen LogP contribution in [-0.2, 0) is 0 Å². The van der Waals surface area contributed by atoms with Crippen molar-refractivity contribution in [3.8, 4) is 0 Å². The van der Waals surface area contributed by atoms with E-state index in [2.05, 4.69) is 66.9 Å². The summed E-state index contributed by atoms with van der Waals surface area (Å²) >= 11 is 0. The van der Waals surface area contributed by atoms with Crippen LogP contribution in [-0.4, -0.2) is 6.21 Å². The molecule has 0 amide bonds. The van der Waals surface area contributed by atoms with Crippen LogP contribution in [0.2, 0.25) is 0 Å². The van der Waals surface area contributed by atoms with Crippen LogP contribution in [0.1, 0.15) is 55.7 Å². The standard InChI is InChI=1S/C24H27N/c1-3-7-21(8-4-1)23(22-9-5-2-6-10-22)25-17-24-14-18-11-19(15-24)13-20(12-18)16-24/h1-10,17-20,23H,11-16H2/b25-17+. The van der Waals surface area contributed by atoms with Crippen molar-refractivity contribution >= 4 is 6.21 Å². The third-order valence-electron chi connectivity index (χ3n) is 6.81. The fourth-order valence-corrected chi connectivity index (χ4v) is 6.20. The summed E-state index contributed by atoms with van der Waals surface area (Å²) in [6.45, 7) is 0. The summed E-state index contributed by atoms with van der Waals surface area (Å²) in [5.41, 5.74) is 3.00. The lowest BCUT2D eigenvalue weighted by Crippen LogP contribution is -2.46. The van der Waals surface area contributed by atoms with Gasteiger partial charge in [-0.3, -0.25) is 4.99 Å². The first-order chi connectivity index (χ1) is 12.3. The van der Waals surface area contributed by atoms with Gasteiger partial charge in [-0.25, -0.2) is 0 Å². The normalized spacial score (nSPS) is 33.4. The smallest absolute Gasteiger partial charge is 0.0995 e. The van der Waals surface area contributed by atoms with Crippen molar-refractivity contribution in [2.45, 2.75) is 44.6 Å². The van der Waals surface area contributed by atoms with Gasteiger partial charge in [-0.1, -0.05) is 60.7 Å². The maximum atomic E-state index is 5.23. The average Bonchev–Trinajstić information content (AvgIpc) is 2.62. The topological polar surface area (TPSA) is 12.4 Å². The lowest BCUT2D eigenvalue weighted by atomic mass is 9.50. The lowest BCUT2D eigenvalue weighted by molar-refractivity contribution is -0.00976. The fraction of sp³-hybridized carbons (Fsp3) is 0.458. The van der Waals surface area contributed by atoms with Crippen LogP contribution >= 0.6 is 0 Å². The van der Waals surface area contributed by atoms with E-state index in [0.717, 1.165) is 17.8 Å². The van der Waals surface area contributed by atoms with Crippen molar-refractivity contribution in [2.75, 3.05) is 0 Å². The van der Waals surface area contributed by atoms with Crippen LogP contribution in [0.3, 0.4) is 0 Å². The van der Waals surface area contributed by atoms with E-state index in [0.29, 0.717) is 5.41 Å². The Balaban J connectivity index is 1.47. The third kappa shape index (κ3) is 2.94. The number of rotatable bonds is 4. The largest absolute Gasteiger partial charge is 0.284 e. The molecule has 6 rings (SSSR count). The zero-order valence-corrected chi connectivity index (χ0v) is 14.9. The van der Waals surface area contributed by atoms with Gasteiger partial charge in [0.2, 0.25) is 0 Å². The Labute approximate surface area is 151 Å². The van der Waals surface area contributed by atoms with Gasteiger partial charge in [-0.05, 0) is 67.4 Å². The van der Waals surface area contributed by atoms with E-state index >= 15 is 0 Å². The molecule has 1 heteroatoms. The molecule has 25 heavy (non-hydrogen) atoms. The van der Waals surface area contributed by atoms with Crippen molar-refractivity contribution in [1.29, 1.82) is 0 Å². The first-order valence-corrected chi connectivity index (χ1v) is 9.94. The van der Waals surface area contributed by atoms with E-state index in [9.17, 15) is 0 Å². The molecule has 0 unspecified atom stereocenters. The maximum Gasteiger partial charge on any atom is 0.0995 e. The molecule has 2 aromatic rings. The summed E-state index contributed by atoms with van der Waals surface area (Å²) in [6, 6.07) is 21.7. The predicted molar refractivity (Wildman–Crippen MR) is 104 cm³/mol.